The maximum atomic E-state index is 13.7. The summed E-state index contributed by atoms with van der Waals surface area (Å²) in [6, 6.07) is -0.166. The van der Waals surface area contributed by atoms with Crippen LogP contribution < -0.4 is 4.90 Å². The Bertz CT molecular complexity index is 452. The van der Waals surface area contributed by atoms with Crippen LogP contribution >= 0.6 is 0 Å². The van der Waals surface area contributed by atoms with E-state index >= 15 is 0 Å². The third-order valence-corrected chi connectivity index (χ3v) is 3.21. The van der Waals surface area contributed by atoms with Crippen LogP contribution in [0.3, 0.4) is 0 Å². The summed E-state index contributed by atoms with van der Waals surface area (Å²) >= 11 is 0. The van der Waals surface area contributed by atoms with Crippen LogP contribution in [-0.4, -0.2) is 43.1 Å². The molecule has 1 aliphatic heterocycles. The number of aromatic nitrogens is 1. The monoisotopic (exact) mass is 277 g/mol. The van der Waals surface area contributed by atoms with Gasteiger partial charge in [0.1, 0.15) is 5.69 Å². The van der Waals surface area contributed by atoms with E-state index in [-0.39, 0.29) is 6.04 Å². The van der Waals surface area contributed by atoms with Crippen LogP contribution in [-0.2, 0) is 0 Å². The first-order valence-corrected chi connectivity index (χ1v) is 6.03. The van der Waals surface area contributed by atoms with Gasteiger partial charge >= 0.3 is 0 Å². The van der Waals surface area contributed by atoms with E-state index in [9.17, 15) is 17.6 Å². The lowest BCUT2D eigenvalue weighted by molar-refractivity contribution is 0.364. The smallest absolute Gasteiger partial charge is 0.253 e. The Morgan fingerprint density at radius 3 is 2.26 bits per heavy atom. The van der Waals surface area contributed by atoms with Crippen LogP contribution in [0.2, 0.25) is 0 Å². The van der Waals surface area contributed by atoms with Gasteiger partial charge in [-0.05, 0) is 26.9 Å². The van der Waals surface area contributed by atoms with Crippen molar-refractivity contribution in [2.75, 3.05) is 32.1 Å². The first-order chi connectivity index (χ1) is 8.91. The molecular formula is C12H15F4N3. The summed E-state index contributed by atoms with van der Waals surface area (Å²) in [6.45, 7) is 0.930. The molecular weight excluding hydrogens is 262 g/mol. The maximum Gasteiger partial charge on any atom is 0.253 e. The van der Waals surface area contributed by atoms with Gasteiger partial charge in [-0.15, -0.1) is 0 Å². The number of pyridine rings is 1. The molecule has 7 heteroatoms. The van der Waals surface area contributed by atoms with Gasteiger partial charge in [0.25, 0.3) is 11.9 Å². The highest BCUT2D eigenvalue weighted by molar-refractivity contribution is 5.50. The number of nitrogens with zero attached hydrogens (tertiary/aromatic N) is 3. The van der Waals surface area contributed by atoms with Crippen LogP contribution in [0.1, 0.15) is 12.8 Å². The summed E-state index contributed by atoms with van der Waals surface area (Å²) in [6.07, 6.45) is 1.45. The van der Waals surface area contributed by atoms with E-state index in [1.807, 2.05) is 19.0 Å². The highest BCUT2D eigenvalue weighted by Crippen LogP contribution is 2.32. The third kappa shape index (κ3) is 2.65. The van der Waals surface area contributed by atoms with E-state index in [1.165, 1.54) is 4.90 Å². The van der Waals surface area contributed by atoms with Gasteiger partial charge in [-0.25, -0.2) is 0 Å². The van der Waals surface area contributed by atoms with E-state index < -0.39 is 29.2 Å². The second-order valence-corrected chi connectivity index (χ2v) is 4.92. The lowest BCUT2D eigenvalue weighted by Crippen LogP contribution is -2.39. The Balaban J connectivity index is 2.40. The summed E-state index contributed by atoms with van der Waals surface area (Å²) < 4.78 is 53.7. The fourth-order valence-electron chi connectivity index (χ4n) is 2.47. The second kappa shape index (κ2) is 5.32. The molecule has 1 fully saturated rings. The van der Waals surface area contributed by atoms with Gasteiger partial charge in [-0.3, -0.25) is 0 Å². The van der Waals surface area contributed by atoms with E-state index in [1.54, 1.807) is 0 Å². The molecule has 0 bridgehead atoms. The minimum Gasteiger partial charge on any atom is -0.362 e. The Kier molecular flexibility index (Phi) is 3.93. The molecule has 0 amide bonds. The van der Waals surface area contributed by atoms with Gasteiger partial charge in [-0.2, -0.15) is 22.5 Å². The zero-order chi connectivity index (χ0) is 14.2. The van der Waals surface area contributed by atoms with Crippen molar-refractivity contribution in [3.63, 3.8) is 0 Å². The summed E-state index contributed by atoms with van der Waals surface area (Å²) in [5.74, 6) is -6.07. The van der Waals surface area contributed by atoms with Crippen molar-refractivity contribution in [2.24, 2.45) is 0 Å². The first kappa shape index (κ1) is 14.0. The highest BCUT2D eigenvalue weighted by atomic mass is 19.2. The summed E-state index contributed by atoms with van der Waals surface area (Å²) in [7, 11) is 3.66. The summed E-state index contributed by atoms with van der Waals surface area (Å²) in [4.78, 5) is 5.83. The maximum absolute atomic E-state index is 13.7. The second-order valence-electron chi connectivity index (χ2n) is 4.92. The zero-order valence-electron chi connectivity index (χ0n) is 10.8. The van der Waals surface area contributed by atoms with Gasteiger partial charge in [0.15, 0.2) is 0 Å². The van der Waals surface area contributed by atoms with Crippen LogP contribution in [0.25, 0.3) is 0 Å². The summed E-state index contributed by atoms with van der Waals surface area (Å²) in [5, 5.41) is 0. The average molecular weight is 277 g/mol. The van der Waals surface area contributed by atoms with Crippen LogP contribution in [0.4, 0.5) is 23.2 Å². The number of likely N-dealkylation sites (N-methyl/N-ethyl adjacent to an activating group) is 1. The van der Waals surface area contributed by atoms with Crippen molar-refractivity contribution in [3.05, 3.63) is 23.5 Å². The molecule has 1 aromatic heterocycles. The lowest BCUT2D eigenvalue weighted by atomic mass is 10.2. The van der Waals surface area contributed by atoms with Gasteiger partial charge in [0.05, 0.1) is 0 Å². The largest absolute Gasteiger partial charge is 0.362 e. The Morgan fingerprint density at radius 1 is 1.16 bits per heavy atom. The van der Waals surface area contributed by atoms with Gasteiger partial charge in [0.2, 0.25) is 11.6 Å². The molecule has 1 saturated heterocycles. The molecule has 2 heterocycles. The quantitative estimate of drug-likeness (QED) is 0.623. The van der Waals surface area contributed by atoms with E-state index in [4.69, 9.17) is 0 Å². The summed E-state index contributed by atoms with van der Waals surface area (Å²) in [5.41, 5.74) is -0.644. The number of hydrogen-bond acceptors (Lipinski definition) is 3. The minimum absolute atomic E-state index is 0.166. The van der Waals surface area contributed by atoms with Crippen molar-refractivity contribution in [3.8, 4) is 0 Å². The Labute approximate surface area is 108 Å². The molecule has 1 unspecified atom stereocenters. The molecule has 0 aliphatic carbocycles. The average Bonchev–Trinajstić information content (AvgIpc) is 2.74. The van der Waals surface area contributed by atoms with Crippen molar-refractivity contribution in [2.45, 2.75) is 18.9 Å². The molecule has 1 atom stereocenters. The van der Waals surface area contributed by atoms with Crippen LogP contribution in [0, 0.1) is 23.5 Å². The van der Waals surface area contributed by atoms with Crippen molar-refractivity contribution in [1.29, 1.82) is 0 Å². The molecule has 1 aliphatic rings. The number of rotatable bonds is 3. The topological polar surface area (TPSA) is 19.4 Å². The first-order valence-electron chi connectivity index (χ1n) is 6.03. The van der Waals surface area contributed by atoms with E-state index in [2.05, 4.69) is 4.98 Å². The number of anilines is 1. The number of hydrogen-bond donors (Lipinski definition) is 0. The van der Waals surface area contributed by atoms with Gasteiger partial charge in [0, 0.05) is 19.1 Å². The Morgan fingerprint density at radius 2 is 1.74 bits per heavy atom. The third-order valence-electron chi connectivity index (χ3n) is 3.21. The molecule has 1 aromatic rings. The molecule has 0 saturated carbocycles. The minimum atomic E-state index is -1.61. The molecule has 19 heavy (non-hydrogen) atoms. The zero-order valence-corrected chi connectivity index (χ0v) is 10.8. The van der Waals surface area contributed by atoms with Crippen molar-refractivity contribution >= 4 is 5.69 Å². The SMILES string of the molecule is CN(C)CC1CCCN1c1c(F)c(F)nc(F)c1F. The molecule has 0 spiro atoms. The fourth-order valence-corrected chi connectivity index (χ4v) is 2.47. The predicted molar refractivity (Wildman–Crippen MR) is 63.0 cm³/mol. The predicted octanol–water partition coefficient (Wildman–Crippen LogP) is 2.17. The van der Waals surface area contributed by atoms with E-state index in [0.29, 0.717) is 13.1 Å². The molecule has 106 valence electrons. The number of halogens is 4. The molecule has 0 N–H and O–H groups in total. The van der Waals surface area contributed by atoms with Crippen LogP contribution in [0.15, 0.2) is 0 Å². The van der Waals surface area contributed by atoms with E-state index in [0.717, 1.165) is 12.8 Å². The standard InChI is InChI=1S/C12H15F4N3/c1-18(2)6-7-4-3-5-19(7)10-8(13)11(15)17-12(16)9(10)14/h7H,3-6H2,1-2H3. The van der Waals surface area contributed by atoms with Gasteiger partial charge in [-0.1, -0.05) is 0 Å². The molecule has 0 aromatic carbocycles. The molecule has 3 nitrogen and oxygen atoms in total. The van der Waals surface area contributed by atoms with Crippen molar-refractivity contribution in [1.82, 2.24) is 9.88 Å². The molecule has 2 rings (SSSR count). The van der Waals surface area contributed by atoms with Crippen molar-refractivity contribution < 1.29 is 17.6 Å². The Hall–Kier alpha value is -1.37. The molecule has 0 radical (unpaired) electrons. The lowest BCUT2D eigenvalue weighted by Gasteiger charge is -2.29. The normalized spacial score (nSPS) is 19.5. The fraction of sp³-hybridized carbons (Fsp3) is 0.583. The van der Waals surface area contributed by atoms with Crippen LogP contribution in [0.5, 0.6) is 0 Å². The highest BCUT2D eigenvalue weighted by Gasteiger charge is 2.32. The van der Waals surface area contributed by atoms with Gasteiger partial charge < -0.3 is 9.80 Å².